The van der Waals surface area contributed by atoms with E-state index in [1.165, 1.54) is 0 Å². The zero-order valence-electron chi connectivity index (χ0n) is 11.5. The summed E-state index contributed by atoms with van der Waals surface area (Å²) in [6, 6.07) is 9.80. The van der Waals surface area contributed by atoms with Gasteiger partial charge in [-0.15, -0.1) is 0 Å². The Kier molecular flexibility index (Phi) is 5.01. The Morgan fingerprint density at radius 3 is 2.29 bits per heavy atom. The van der Waals surface area contributed by atoms with Crippen molar-refractivity contribution in [1.29, 1.82) is 0 Å². The number of carbonyl (C=O) groups is 1. The molecule has 1 fully saturated rings. The maximum Gasteiger partial charge on any atom is 0.471 e. The predicted molar refractivity (Wildman–Crippen MR) is 74.6 cm³/mol. The first-order chi connectivity index (χ1) is 9.97. The minimum Gasteiger partial charge on any atom is -0.332 e. The fraction of sp³-hybridized carbons (Fsp3) is 0.400. The standard InChI is InChI=1S/C15H17F3N2O/c16-15(17,18)14(21)20-11-9-19(10-12-20)8-4-7-13-5-2-1-3-6-13/h1-7H,8-12H2. The summed E-state index contributed by atoms with van der Waals surface area (Å²) >= 11 is 0. The normalized spacial score (nSPS) is 17.4. The lowest BCUT2D eigenvalue weighted by atomic mass is 10.2. The molecule has 0 unspecified atom stereocenters. The topological polar surface area (TPSA) is 23.6 Å². The van der Waals surface area contributed by atoms with Gasteiger partial charge in [0.2, 0.25) is 0 Å². The third-order valence-corrected chi connectivity index (χ3v) is 3.38. The van der Waals surface area contributed by atoms with E-state index >= 15 is 0 Å². The Hall–Kier alpha value is -1.82. The van der Waals surface area contributed by atoms with E-state index in [1.807, 2.05) is 47.4 Å². The van der Waals surface area contributed by atoms with Crippen molar-refractivity contribution in [1.82, 2.24) is 9.80 Å². The number of piperazine rings is 1. The van der Waals surface area contributed by atoms with Gasteiger partial charge in [-0.3, -0.25) is 9.69 Å². The maximum absolute atomic E-state index is 12.3. The van der Waals surface area contributed by atoms with Crippen LogP contribution in [-0.2, 0) is 4.79 Å². The lowest BCUT2D eigenvalue weighted by Crippen LogP contribution is -2.52. The molecule has 0 atom stereocenters. The highest BCUT2D eigenvalue weighted by Gasteiger charge is 2.42. The minimum atomic E-state index is -4.77. The zero-order chi connectivity index (χ0) is 15.3. The molecule has 1 heterocycles. The molecular formula is C15H17F3N2O. The Morgan fingerprint density at radius 1 is 1.10 bits per heavy atom. The van der Waals surface area contributed by atoms with Gasteiger partial charge in [-0.2, -0.15) is 13.2 Å². The molecule has 2 rings (SSSR count). The largest absolute Gasteiger partial charge is 0.471 e. The van der Waals surface area contributed by atoms with Crippen LogP contribution in [0.15, 0.2) is 36.4 Å². The van der Waals surface area contributed by atoms with E-state index in [1.54, 1.807) is 0 Å². The smallest absolute Gasteiger partial charge is 0.332 e. The fourth-order valence-electron chi connectivity index (χ4n) is 2.21. The number of hydrogen-bond donors (Lipinski definition) is 0. The van der Waals surface area contributed by atoms with Gasteiger partial charge in [-0.1, -0.05) is 42.5 Å². The first-order valence-corrected chi connectivity index (χ1v) is 6.77. The molecule has 1 aromatic rings. The molecule has 1 saturated heterocycles. The van der Waals surface area contributed by atoms with Crippen molar-refractivity contribution in [3.63, 3.8) is 0 Å². The molecule has 0 radical (unpaired) electrons. The number of amides is 1. The number of rotatable bonds is 3. The summed E-state index contributed by atoms with van der Waals surface area (Å²) in [5.74, 6) is -1.73. The van der Waals surface area contributed by atoms with Crippen LogP contribution in [0.4, 0.5) is 13.2 Å². The van der Waals surface area contributed by atoms with E-state index < -0.39 is 12.1 Å². The lowest BCUT2D eigenvalue weighted by molar-refractivity contribution is -0.186. The van der Waals surface area contributed by atoms with Gasteiger partial charge in [0.1, 0.15) is 0 Å². The van der Waals surface area contributed by atoms with Gasteiger partial charge >= 0.3 is 12.1 Å². The molecular weight excluding hydrogens is 281 g/mol. The average molecular weight is 298 g/mol. The summed E-state index contributed by atoms with van der Waals surface area (Å²) in [4.78, 5) is 14.0. The molecule has 0 spiro atoms. The molecule has 1 aliphatic heterocycles. The highest BCUT2D eigenvalue weighted by Crippen LogP contribution is 2.19. The molecule has 0 N–H and O–H groups in total. The van der Waals surface area contributed by atoms with Gasteiger partial charge in [0, 0.05) is 32.7 Å². The van der Waals surface area contributed by atoms with Crippen LogP contribution in [0.5, 0.6) is 0 Å². The van der Waals surface area contributed by atoms with Gasteiger partial charge in [-0.05, 0) is 5.56 Å². The number of carbonyl (C=O) groups excluding carboxylic acids is 1. The summed E-state index contributed by atoms with van der Waals surface area (Å²) < 4.78 is 36.9. The fourth-order valence-corrected chi connectivity index (χ4v) is 2.21. The Balaban J connectivity index is 1.77. The first kappa shape index (κ1) is 15.6. The number of halogens is 3. The van der Waals surface area contributed by atoms with Crippen LogP contribution in [0, 0.1) is 0 Å². The van der Waals surface area contributed by atoms with Crippen molar-refractivity contribution >= 4 is 12.0 Å². The van der Waals surface area contributed by atoms with E-state index in [0.717, 1.165) is 10.5 Å². The van der Waals surface area contributed by atoms with Crippen LogP contribution in [-0.4, -0.2) is 54.6 Å². The van der Waals surface area contributed by atoms with E-state index in [-0.39, 0.29) is 13.1 Å². The summed E-state index contributed by atoms with van der Waals surface area (Å²) in [6.07, 6.45) is -0.806. The van der Waals surface area contributed by atoms with Gasteiger partial charge < -0.3 is 4.90 Å². The molecule has 0 bridgehead atoms. The summed E-state index contributed by atoms with van der Waals surface area (Å²) in [5.41, 5.74) is 1.09. The SMILES string of the molecule is O=C(N1CCN(CC=Cc2ccccc2)CC1)C(F)(F)F. The highest BCUT2D eigenvalue weighted by atomic mass is 19.4. The molecule has 1 aromatic carbocycles. The minimum absolute atomic E-state index is 0.123. The Morgan fingerprint density at radius 2 is 1.71 bits per heavy atom. The predicted octanol–water partition coefficient (Wildman–Crippen LogP) is 2.41. The third-order valence-electron chi connectivity index (χ3n) is 3.38. The molecule has 6 heteroatoms. The number of nitrogens with zero attached hydrogens (tertiary/aromatic N) is 2. The monoisotopic (exact) mass is 298 g/mol. The summed E-state index contributed by atoms with van der Waals surface area (Å²) in [7, 11) is 0. The van der Waals surface area contributed by atoms with Crippen LogP contribution < -0.4 is 0 Å². The second-order valence-corrected chi connectivity index (χ2v) is 4.90. The maximum atomic E-state index is 12.3. The number of benzene rings is 1. The molecule has 21 heavy (non-hydrogen) atoms. The average Bonchev–Trinajstić information content (AvgIpc) is 2.47. The molecule has 0 aromatic heterocycles. The van der Waals surface area contributed by atoms with Crippen LogP contribution in [0.1, 0.15) is 5.56 Å². The molecule has 3 nitrogen and oxygen atoms in total. The summed E-state index contributed by atoms with van der Waals surface area (Å²) in [6.45, 7) is 1.83. The Labute approximate surface area is 121 Å². The van der Waals surface area contributed by atoms with Gasteiger partial charge in [-0.25, -0.2) is 0 Å². The third kappa shape index (κ3) is 4.60. The van der Waals surface area contributed by atoms with Crippen molar-refractivity contribution in [2.24, 2.45) is 0 Å². The quantitative estimate of drug-likeness (QED) is 0.855. The second kappa shape index (κ2) is 6.76. The van der Waals surface area contributed by atoms with Crippen LogP contribution >= 0.6 is 0 Å². The molecule has 114 valence electrons. The van der Waals surface area contributed by atoms with Crippen molar-refractivity contribution in [3.05, 3.63) is 42.0 Å². The van der Waals surface area contributed by atoms with Crippen LogP contribution in [0.25, 0.3) is 6.08 Å². The van der Waals surface area contributed by atoms with E-state index in [9.17, 15) is 18.0 Å². The zero-order valence-corrected chi connectivity index (χ0v) is 11.5. The molecule has 1 aliphatic rings. The van der Waals surface area contributed by atoms with E-state index in [0.29, 0.717) is 19.6 Å². The first-order valence-electron chi connectivity index (χ1n) is 6.77. The second-order valence-electron chi connectivity index (χ2n) is 4.90. The molecule has 0 aliphatic carbocycles. The summed E-state index contributed by atoms with van der Waals surface area (Å²) in [5, 5.41) is 0. The van der Waals surface area contributed by atoms with Crippen molar-refractivity contribution in [2.45, 2.75) is 6.18 Å². The molecule has 1 amide bonds. The molecule has 0 saturated carbocycles. The van der Waals surface area contributed by atoms with Crippen molar-refractivity contribution in [2.75, 3.05) is 32.7 Å². The highest BCUT2D eigenvalue weighted by molar-refractivity contribution is 5.81. The van der Waals surface area contributed by atoms with Gasteiger partial charge in [0.05, 0.1) is 0 Å². The van der Waals surface area contributed by atoms with Gasteiger partial charge in [0.25, 0.3) is 0 Å². The van der Waals surface area contributed by atoms with Crippen LogP contribution in [0.2, 0.25) is 0 Å². The number of alkyl halides is 3. The van der Waals surface area contributed by atoms with Gasteiger partial charge in [0.15, 0.2) is 0 Å². The van der Waals surface area contributed by atoms with Crippen LogP contribution in [0.3, 0.4) is 0 Å². The van der Waals surface area contributed by atoms with Crippen molar-refractivity contribution < 1.29 is 18.0 Å². The van der Waals surface area contributed by atoms with E-state index in [2.05, 4.69) is 0 Å². The lowest BCUT2D eigenvalue weighted by Gasteiger charge is -2.34. The number of hydrogen-bond acceptors (Lipinski definition) is 2. The Bertz CT molecular complexity index is 491. The van der Waals surface area contributed by atoms with E-state index in [4.69, 9.17) is 0 Å². The van der Waals surface area contributed by atoms with Crippen molar-refractivity contribution in [3.8, 4) is 0 Å².